The Balaban J connectivity index is 1.48. The van der Waals surface area contributed by atoms with Gasteiger partial charge in [-0.05, 0) is 37.0 Å². The number of nitrogens with one attached hydrogen (secondary N) is 1. The summed E-state index contributed by atoms with van der Waals surface area (Å²) in [7, 11) is 0. The maximum absolute atomic E-state index is 12.7. The third-order valence-corrected chi connectivity index (χ3v) is 5.25. The molecule has 1 aliphatic rings. The standard InChI is InChI=1S/C22H23N3O3/c1-15-10-12-25(13-11-15)20(26)14-28-22(27)17-7-3-2-6-16(17)21-23-18-8-4-5-9-19(18)24-21/h2-9,15H,10-14H2,1H3,(H,23,24). The van der Waals surface area contributed by atoms with Crippen molar-refractivity contribution in [1.29, 1.82) is 0 Å². The van der Waals surface area contributed by atoms with Gasteiger partial charge in [0.15, 0.2) is 6.61 Å². The summed E-state index contributed by atoms with van der Waals surface area (Å²) in [6, 6.07) is 14.8. The first-order chi connectivity index (χ1) is 13.6. The molecule has 1 N–H and O–H groups in total. The van der Waals surface area contributed by atoms with Crippen molar-refractivity contribution in [3.63, 3.8) is 0 Å². The quantitative estimate of drug-likeness (QED) is 0.704. The van der Waals surface area contributed by atoms with Gasteiger partial charge in [0, 0.05) is 18.7 Å². The molecule has 1 amide bonds. The number of amides is 1. The highest BCUT2D eigenvalue weighted by molar-refractivity contribution is 5.98. The third kappa shape index (κ3) is 3.76. The van der Waals surface area contributed by atoms with Gasteiger partial charge in [-0.25, -0.2) is 9.78 Å². The number of para-hydroxylation sites is 2. The largest absolute Gasteiger partial charge is 0.452 e. The van der Waals surface area contributed by atoms with Crippen LogP contribution in [0.25, 0.3) is 22.4 Å². The Kier molecular flexibility index (Phi) is 5.10. The Morgan fingerprint density at radius 3 is 2.61 bits per heavy atom. The van der Waals surface area contributed by atoms with E-state index in [4.69, 9.17) is 4.74 Å². The van der Waals surface area contributed by atoms with Gasteiger partial charge in [-0.2, -0.15) is 0 Å². The lowest BCUT2D eigenvalue weighted by Gasteiger charge is -2.30. The van der Waals surface area contributed by atoms with E-state index < -0.39 is 5.97 Å². The van der Waals surface area contributed by atoms with Crippen molar-refractivity contribution in [2.75, 3.05) is 19.7 Å². The van der Waals surface area contributed by atoms with Crippen LogP contribution in [-0.4, -0.2) is 46.4 Å². The highest BCUT2D eigenvalue weighted by Crippen LogP contribution is 2.24. The zero-order chi connectivity index (χ0) is 19.5. The predicted molar refractivity (Wildman–Crippen MR) is 107 cm³/mol. The normalized spacial score (nSPS) is 15.0. The number of rotatable bonds is 4. The minimum absolute atomic E-state index is 0.138. The smallest absolute Gasteiger partial charge is 0.339 e. The molecule has 0 radical (unpaired) electrons. The fourth-order valence-corrected chi connectivity index (χ4v) is 3.50. The number of imidazole rings is 1. The van der Waals surface area contributed by atoms with E-state index in [0.717, 1.165) is 37.0 Å². The summed E-state index contributed by atoms with van der Waals surface area (Å²) in [5.74, 6) is 0.587. The van der Waals surface area contributed by atoms with E-state index in [9.17, 15) is 9.59 Å². The highest BCUT2D eigenvalue weighted by Gasteiger charge is 2.22. The molecule has 144 valence electrons. The van der Waals surface area contributed by atoms with E-state index >= 15 is 0 Å². The van der Waals surface area contributed by atoms with Crippen LogP contribution in [0.5, 0.6) is 0 Å². The second-order valence-corrected chi connectivity index (χ2v) is 7.29. The van der Waals surface area contributed by atoms with Gasteiger partial charge in [0.2, 0.25) is 0 Å². The van der Waals surface area contributed by atoms with Crippen molar-refractivity contribution in [2.45, 2.75) is 19.8 Å². The summed E-state index contributed by atoms with van der Waals surface area (Å²) < 4.78 is 5.33. The molecule has 1 saturated heterocycles. The number of hydrogen-bond acceptors (Lipinski definition) is 4. The zero-order valence-electron chi connectivity index (χ0n) is 15.9. The first-order valence-electron chi connectivity index (χ1n) is 9.61. The van der Waals surface area contributed by atoms with Gasteiger partial charge in [-0.15, -0.1) is 0 Å². The summed E-state index contributed by atoms with van der Waals surface area (Å²) in [6.45, 7) is 3.42. The first kappa shape index (κ1) is 18.2. The monoisotopic (exact) mass is 377 g/mol. The van der Waals surface area contributed by atoms with Gasteiger partial charge in [-0.1, -0.05) is 37.3 Å². The Morgan fingerprint density at radius 2 is 1.82 bits per heavy atom. The van der Waals surface area contributed by atoms with E-state index in [1.165, 1.54) is 0 Å². The molecule has 0 spiro atoms. The minimum Gasteiger partial charge on any atom is -0.452 e. The van der Waals surface area contributed by atoms with Crippen LogP contribution in [0, 0.1) is 5.92 Å². The molecule has 0 atom stereocenters. The van der Waals surface area contributed by atoms with Crippen LogP contribution in [0.4, 0.5) is 0 Å². The number of ether oxygens (including phenoxy) is 1. The fourth-order valence-electron chi connectivity index (χ4n) is 3.50. The third-order valence-electron chi connectivity index (χ3n) is 5.25. The number of aromatic nitrogens is 2. The van der Waals surface area contributed by atoms with Gasteiger partial charge < -0.3 is 14.6 Å². The molecule has 0 saturated carbocycles. The molecule has 4 rings (SSSR count). The average Bonchev–Trinajstić information content (AvgIpc) is 3.16. The number of nitrogens with zero attached hydrogens (tertiary/aromatic N) is 2. The molecule has 0 bridgehead atoms. The molecule has 0 aliphatic carbocycles. The molecule has 6 heteroatoms. The Labute approximate surface area is 163 Å². The van der Waals surface area contributed by atoms with Crippen LogP contribution >= 0.6 is 0 Å². The van der Waals surface area contributed by atoms with Crippen LogP contribution in [0.2, 0.25) is 0 Å². The lowest BCUT2D eigenvalue weighted by molar-refractivity contribution is -0.135. The lowest BCUT2D eigenvalue weighted by Crippen LogP contribution is -2.40. The van der Waals surface area contributed by atoms with Crippen molar-refractivity contribution in [3.8, 4) is 11.4 Å². The second kappa shape index (κ2) is 7.84. The molecule has 3 aromatic rings. The molecule has 6 nitrogen and oxygen atoms in total. The van der Waals surface area contributed by atoms with E-state index in [1.54, 1.807) is 17.0 Å². The molecule has 2 heterocycles. The van der Waals surface area contributed by atoms with Crippen LogP contribution in [0.1, 0.15) is 30.1 Å². The van der Waals surface area contributed by atoms with Crippen molar-refractivity contribution >= 4 is 22.9 Å². The number of likely N-dealkylation sites (tertiary alicyclic amines) is 1. The molecule has 0 unspecified atom stereocenters. The highest BCUT2D eigenvalue weighted by atomic mass is 16.5. The number of aromatic amines is 1. The molecule has 2 aromatic carbocycles. The molecule has 28 heavy (non-hydrogen) atoms. The number of carbonyl (C=O) groups excluding carboxylic acids is 2. The number of carbonyl (C=O) groups is 2. The van der Waals surface area contributed by atoms with Gasteiger partial charge in [-0.3, -0.25) is 4.79 Å². The summed E-state index contributed by atoms with van der Waals surface area (Å²) in [5, 5.41) is 0. The maximum Gasteiger partial charge on any atom is 0.339 e. The van der Waals surface area contributed by atoms with E-state index in [0.29, 0.717) is 22.9 Å². The van der Waals surface area contributed by atoms with Crippen molar-refractivity contribution in [3.05, 3.63) is 54.1 Å². The lowest BCUT2D eigenvalue weighted by atomic mass is 9.99. The summed E-state index contributed by atoms with van der Waals surface area (Å²) in [5.41, 5.74) is 2.77. The van der Waals surface area contributed by atoms with Crippen molar-refractivity contribution in [2.24, 2.45) is 5.92 Å². The topological polar surface area (TPSA) is 75.3 Å². The number of hydrogen-bond donors (Lipinski definition) is 1. The number of esters is 1. The fraction of sp³-hybridized carbons (Fsp3) is 0.318. The molecule has 1 fully saturated rings. The van der Waals surface area contributed by atoms with Crippen molar-refractivity contribution < 1.29 is 14.3 Å². The average molecular weight is 377 g/mol. The predicted octanol–water partition coefficient (Wildman–Crippen LogP) is 3.65. The second-order valence-electron chi connectivity index (χ2n) is 7.29. The summed E-state index contributed by atoms with van der Waals surface area (Å²) in [4.78, 5) is 34.6. The van der Waals surface area contributed by atoms with Crippen LogP contribution < -0.4 is 0 Å². The summed E-state index contributed by atoms with van der Waals surface area (Å²) in [6.07, 6.45) is 1.99. The van der Waals surface area contributed by atoms with Gasteiger partial charge in [0.1, 0.15) is 5.82 Å². The van der Waals surface area contributed by atoms with E-state index in [-0.39, 0.29) is 12.5 Å². The maximum atomic E-state index is 12.7. The van der Waals surface area contributed by atoms with Crippen molar-refractivity contribution in [1.82, 2.24) is 14.9 Å². The number of fused-ring (bicyclic) bond motifs is 1. The van der Waals surface area contributed by atoms with E-state index in [2.05, 4.69) is 16.9 Å². The van der Waals surface area contributed by atoms with E-state index in [1.807, 2.05) is 36.4 Å². The van der Waals surface area contributed by atoms with Gasteiger partial charge in [0.05, 0.1) is 16.6 Å². The first-order valence-corrected chi connectivity index (χ1v) is 9.61. The van der Waals surface area contributed by atoms with Gasteiger partial charge in [0.25, 0.3) is 5.91 Å². The summed E-state index contributed by atoms with van der Waals surface area (Å²) >= 11 is 0. The Bertz CT molecular complexity index is 970. The van der Waals surface area contributed by atoms with Gasteiger partial charge >= 0.3 is 5.97 Å². The molecule has 1 aromatic heterocycles. The Morgan fingerprint density at radius 1 is 1.11 bits per heavy atom. The zero-order valence-corrected chi connectivity index (χ0v) is 15.9. The van der Waals surface area contributed by atoms with Crippen LogP contribution in [0.3, 0.4) is 0 Å². The number of benzene rings is 2. The number of piperidine rings is 1. The molecular formula is C22H23N3O3. The molecular weight excluding hydrogens is 354 g/mol. The van der Waals surface area contributed by atoms with Crippen LogP contribution in [0.15, 0.2) is 48.5 Å². The minimum atomic E-state index is -0.519. The SMILES string of the molecule is CC1CCN(C(=O)COC(=O)c2ccccc2-c2nc3ccccc3[nH]2)CC1. The van der Waals surface area contributed by atoms with Crippen LogP contribution in [-0.2, 0) is 9.53 Å². The Hall–Kier alpha value is -3.15. The number of H-pyrrole nitrogens is 1. The molecule has 1 aliphatic heterocycles.